The van der Waals surface area contributed by atoms with Gasteiger partial charge in [-0.25, -0.2) is 4.79 Å². The monoisotopic (exact) mass is 188 g/mol. The third kappa shape index (κ3) is 3.72. The first-order valence-corrected chi connectivity index (χ1v) is 4.33. The van der Waals surface area contributed by atoms with Gasteiger partial charge in [0.2, 0.25) is 0 Å². The molecule has 2 nitrogen and oxygen atoms in total. The second kappa shape index (κ2) is 5.75. The number of ether oxygens (including phenoxy) is 1. The van der Waals surface area contributed by atoms with Crippen LogP contribution in [0.4, 0.5) is 0 Å². The second-order valence-electron chi connectivity index (χ2n) is 2.66. The van der Waals surface area contributed by atoms with Crippen molar-refractivity contribution in [3.05, 3.63) is 54.6 Å². The molecule has 1 aromatic rings. The van der Waals surface area contributed by atoms with Gasteiger partial charge in [0.25, 0.3) is 0 Å². The van der Waals surface area contributed by atoms with Crippen LogP contribution in [0.2, 0.25) is 0 Å². The van der Waals surface area contributed by atoms with E-state index in [9.17, 15) is 4.79 Å². The summed E-state index contributed by atoms with van der Waals surface area (Å²) in [5.74, 6) is -0.353. The summed E-state index contributed by atoms with van der Waals surface area (Å²) in [6, 6.07) is 9.57. The first-order chi connectivity index (χ1) is 6.83. The molecule has 0 atom stereocenters. The number of hydrogen-bond acceptors (Lipinski definition) is 2. The Balaban J connectivity index is 2.48. The van der Waals surface area contributed by atoms with Gasteiger partial charge in [-0.15, -0.1) is 0 Å². The normalized spacial score (nSPS) is 10.0. The van der Waals surface area contributed by atoms with Crippen molar-refractivity contribution in [3.8, 4) is 0 Å². The van der Waals surface area contributed by atoms with E-state index in [0.717, 1.165) is 5.56 Å². The Kier molecular flexibility index (Phi) is 4.21. The van der Waals surface area contributed by atoms with Gasteiger partial charge in [-0.2, -0.15) is 0 Å². The van der Waals surface area contributed by atoms with Crippen molar-refractivity contribution in [2.24, 2.45) is 0 Å². The Morgan fingerprint density at radius 1 is 1.36 bits per heavy atom. The Morgan fingerprint density at radius 2 is 2.07 bits per heavy atom. The molecule has 0 fully saturated rings. The Labute approximate surface area is 83.5 Å². The van der Waals surface area contributed by atoms with E-state index in [1.165, 1.54) is 12.2 Å². The van der Waals surface area contributed by atoms with E-state index in [1.807, 2.05) is 30.3 Å². The molecule has 0 aliphatic rings. The standard InChI is InChI=1S/C12H12O2/c1-2-10-14-12(13)9-8-11-6-4-3-5-7-11/h2-9H,1,10H2/b9-8-. The smallest absolute Gasteiger partial charge is 0.331 e. The number of carbonyl (C=O) groups is 1. The lowest BCUT2D eigenvalue weighted by Gasteiger charge is -1.95. The predicted octanol–water partition coefficient (Wildman–Crippen LogP) is 2.43. The van der Waals surface area contributed by atoms with Crippen LogP contribution in [-0.4, -0.2) is 12.6 Å². The largest absolute Gasteiger partial charge is 0.458 e. The van der Waals surface area contributed by atoms with E-state index in [1.54, 1.807) is 6.08 Å². The summed E-state index contributed by atoms with van der Waals surface area (Å²) >= 11 is 0. The lowest BCUT2D eigenvalue weighted by molar-refractivity contribution is -0.136. The van der Waals surface area contributed by atoms with Crippen molar-refractivity contribution < 1.29 is 9.53 Å². The van der Waals surface area contributed by atoms with E-state index in [4.69, 9.17) is 4.74 Å². The summed E-state index contributed by atoms with van der Waals surface area (Å²) in [5.41, 5.74) is 0.975. The van der Waals surface area contributed by atoms with Gasteiger partial charge in [-0.1, -0.05) is 43.0 Å². The van der Waals surface area contributed by atoms with Crippen LogP contribution in [0.3, 0.4) is 0 Å². The van der Waals surface area contributed by atoms with Gasteiger partial charge in [0, 0.05) is 6.08 Å². The second-order valence-corrected chi connectivity index (χ2v) is 2.66. The lowest BCUT2D eigenvalue weighted by Crippen LogP contribution is -1.99. The Hall–Kier alpha value is -1.83. The van der Waals surface area contributed by atoms with E-state index in [2.05, 4.69) is 6.58 Å². The van der Waals surface area contributed by atoms with Crippen molar-refractivity contribution in [1.29, 1.82) is 0 Å². The first-order valence-electron chi connectivity index (χ1n) is 4.33. The molecular formula is C12H12O2. The highest BCUT2D eigenvalue weighted by molar-refractivity contribution is 5.87. The van der Waals surface area contributed by atoms with Crippen LogP contribution in [0.1, 0.15) is 5.56 Å². The quantitative estimate of drug-likeness (QED) is 0.412. The molecule has 0 aliphatic heterocycles. The lowest BCUT2D eigenvalue weighted by atomic mass is 10.2. The number of hydrogen-bond donors (Lipinski definition) is 0. The van der Waals surface area contributed by atoms with Crippen molar-refractivity contribution in [2.45, 2.75) is 0 Å². The third-order valence-corrected chi connectivity index (χ3v) is 1.55. The topological polar surface area (TPSA) is 26.3 Å². The minimum absolute atomic E-state index is 0.248. The molecule has 1 aromatic carbocycles. The van der Waals surface area contributed by atoms with Crippen molar-refractivity contribution in [2.75, 3.05) is 6.61 Å². The fraction of sp³-hybridized carbons (Fsp3) is 0.0833. The maximum atomic E-state index is 11.0. The van der Waals surface area contributed by atoms with Crippen molar-refractivity contribution in [3.63, 3.8) is 0 Å². The van der Waals surface area contributed by atoms with E-state index < -0.39 is 0 Å². The van der Waals surface area contributed by atoms with Crippen LogP contribution in [-0.2, 0) is 9.53 Å². The molecule has 0 saturated heterocycles. The zero-order chi connectivity index (χ0) is 10.2. The van der Waals surface area contributed by atoms with Gasteiger partial charge in [0.1, 0.15) is 6.61 Å². The molecule has 0 aromatic heterocycles. The van der Waals surface area contributed by atoms with Crippen LogP contribution in [0.5, 0.6) is 0 Å². The fourth-order valence-corrected chi connectivity index (χ4v) is 0.918. The number of rotatable bonds is 4. The van der Waals surface area contributed by atoms with Gasteiger partial charge < -0.3 is 4.74 Å². The van der Waals surface area contributed by atoms with E-state index in [-0.39, 0.29) is 12.6 Å². The first kappa shape index (κ1) is 10.3. The molecule has 0 bridgehead atoms. The Bertz CT molecular complexity index is 325. The average Bonchev–Trinajstić information content (AvgIpc) is 2.25. The summed E-state index contributed by atoms with van der Waals surface area (Å²) in [5, 5.41) is 0. The molecule has 0 saturated carbocycles. The third-order valence-electron chi connectivity index (χ3n) is 1.55. The molecule has 14 heavy (non-hydrogen) atoms. The number of carbonyl (C=O) groups excluding carboxylic acids is 1. The summed E-state index contributed by atoms with van der Waals surface area (Å²) in [6.45, 7) is 3.70. The molecule has 0 N–H and O–H groups in total. The molecule has 0 unspecified atom stereocenters. The summed E-state index contributed by atoms with van der Waals surface area (Å²) in [4.78, 5) is 11.0. The maximum absolute atomic E-state index is 11.0. The van der Waals surface area contributed by atoms with Gasteiger partial charge in [-0.3, -0.25) is 0 Å². The number of esters is 1. The van der Waals surface area contributed by atoms with Crippen molar-refractivity contribution >= 4 is 12.0 Å². The van der Waals surface area contributed by atoms with E-state index >= 15 is 0 Å². The van der Waals surface area contributed by atoms with Crippen LogP contribution in [0.25, 0.3) is 6.08 Å². The van der Waals surface area contributed by atoms with Crippen LogP contribution < -0.4 is 0 Å². The molecule has 0 aliphatic carbocycles. The Morgan fingerprint density at radius 3 is 2.71 bits per heavy atom. The summed E-state index contributed by atoms with van der Waals surface area (Å²) in [6.07, 6.45) is 4.65. The molecule has 0 spiro atoms. The highest BCUT2D eigenvalue weighted by atomic mass is 16.5. The fourth-order valence-electron chi connectivity index (χ4n) is 0.918. The van der Waals surface area contributed by atoms with Gasteiger partial charge in [0.05, 0.1) is 0 Å². The summed E-state index contributed by atoms with van der Waals surface area (Å²) in [7, 11) is 0. The van der Waals surface area contributed by atoms with Crippen LogP contribution >= 0.6 is 0 Å². The molecular weight excluding hydrogens is 176 g/mol. The highest BCUT2D eigenvalue weighted by Gasteiger charge is 1.93. The molecule has 0 amide bonds. The zero-order valence-corrected chi connectivity index (χ0v) is 7.85. The number of benzene rings is 1. The van der Waals surface area contributed by atoms with Crippen molar-refractivity contribution in [1.82, 2.24) is 0 Å². The van der Waals surface area contributed by atoms with Crippen LogP contribution in [0.15, 0.2) is 49.1 Å². The molecule has 0 radical (unpaired) electrons. The van der Waals surface area contributed by atoms with Gasteiger partial charge in [-0.05, 0) is 11.6 Å². The summed E-state index contributed by atoms with van der Waals surface area (Å²) < 4.78 is 4.77. The average molecular weight is 188 g/mol. The van der Waals surface area contributed by atoms with E-state index in [0.29, 0.717) is 0 Å². The molecule has 72 valence electrons. The van der Waals surface area contributed by atoms with Gasteiger partial charge in [0.15, 0.2) is 0 Å². The molecule has 2 heteroatoms. The maximum Gasteiger partial charge on any atom is 0.331 e. The zero-order valence-electron chi connectivity index (χ0n) is 7.85. The minimum atomic E-state index is -0.353. The minimum Gasteiger partial charge on any atom is -0.458 e. The molecule has 0 heterocycles. The SMILES string of the molecule is C=CCOC(=O)/C=C\c1ccccc1. The highest BCUT2D eigenvalue weighted by Crippen LogP contribution is 2.00. The molecule has 1 rings (SSSR count). The predicted molar refractivity (Wildman–Crippen MR) is 56.6 cm³/mol. The van der Waals surface area contributed by atoms with Crippen LogP contribution in [0, 0.1) is 0 Å². The van der Waals surface area contributed by atoms with Gasteiger partial charge >= 0.3 is 5.97 Å².